The molecule has 1 amide bonds. The molecule has 0 radical (unpaired) electrons. The fourth-order valence-corrected chi connectivity index (χ4v) is 4.47. The van der Waals surface area contributed by atoms with E-state index in [1.165, 1.54) is 23.1 Å². The van der Waals surface area contributed by atoms with Gasteiger partial charge in [-0.25, -0.2) is 15.0 Å². The Labute approximate surface area is 183 Å². The Balaban J connectivity index is 1.61. The minimum atomic E-state index is -0.289. The molecule has 7 nitrogen and oxygen atoms in total. The van der Waals surface area contributed by atoms with Crippen LogP contribution >= 0.6 is 23.1 Å². The highest BCUT2D eigenvalue weighted by molar-refractivity contribution is 8.00. The third kappa shape index (κ3) is 4.80. The van der Waals surface area contributed by atoms with Crippen molar-refractivity contribution in [2.24, 2.45) is 0 Å². The van der Waals surface area contributed by atoms with E-state index in [4.69, 9.17) is 19.4 Å². The minimum Gasteiger partial charge on any atom is -0.497 e. The van der Waals surface area contributed by atoms with Gasteiger partial charge in [0.25, 0.3) is 0 Å². The Morgan fingerprint density at radius 3 is 2.80 bits per heavy atom. The van der Waals surface area contributed by atoms with Crippen LogP contribution in [0.3, 0.4) is 0 Å². The molecule has 3 aromatic rings. The number of ether oxygens (including phenoxy) is 2. The van der Waals surface area contributed by atoms with Crippen LogP contribution in [0, 0.1) is 0 Å². The number of amides is 1. The van der Waals surface area contributed by atoms with E-state index in [2.05, 4.69) is 24.1 Å². The molecular formula is C21H22N4O3S2. The maximum atomic E-state index is 12.3. The first-order valence-electron chi connectivity index (χ1n) is 9.44. The molecule has 1 aliphatic rings. The highest BCUT2D eigenvalue weighted by atomic mass is 32.2. The zero-order valence-electron chi connectivity index (χ0n) is 17.0. The van der Waals surface area contributed by atoms with Crippen LogP contribution in [0.4, 0.5) is 5.13 Å². The van der Waals surface area contributed by atoms with Crippen LogP contribution in [-0.4, -0.2) is 39.3 Å². The first-order valence-corrected chi connectivity index (χ1v) is 11.3. The molecule has 156 valence electrons. The van der Waals surface area contributed by atoms with E-state index >= 15 is 0 Å². The lowest BCUT2D eigenvalue weighted by Crippen LogP contribution is -2.33. The van der Waals surface area contributed by atoms with E-state index in [0.29, 0.717) is 24.0 Å². The molecule has 30 heavy (non-hydrogen) atoms. The summed E-state index contributed by atoms with van der Waals surface area (Å²) in [6.45, 7) is 4.54. The van der Waals surface area contributed by atoms with Crippen molar-refractivity contribution in [1.29, 1.82) is 0 Å². The average molecular weight is 443 g/mol. The summed E-state index contributed by atoms with van der Waals surface area (Å²) in [5.41, 5.74) is 2.54. The van der Waals surface area contributed by atoms with Crippen molar-refractivity contribution in [2.75, 3.05) is 18.2 Å². The Kier molecular flexibility index (Phi) is 6.03. The van der Waals surface area contributed by atoms with Crippen LogP contribution in [-0.2, 0) is 22.6 Å². The first-order chi connectivity index (χ1) is 14.4. The van der Waals surface area contributed by atoms with Gasteiger partial charge in [0.05, 0.1) is 30.8 Å². The van der Waals surface area contributed by atoms with Gasteiger partial charge in [-0.15, -0.1) is 11.3 Å². The number of methoxy groups -OCH3 is 1. The van der Waals surface area contributed by atoms with Gasteiger partial charge in [-0.05, 0) is 38.1 Å². The Bertz CT molecular complexity index is 1040. The molecule has 0 fully saturated rings. The van der Waals surface area contributed by atoms with Gasteiger partial charge in [-0.1, -0.05) is 11.8 Å². The quantitative estimate of drug-likeness (QED) is 0.452. The SMILES string of the molecule is COc1ccc(-c2nc3c(c(SCC(=O)Nc4nccs4)n2)COC(C)(C)C3)cc1. The lowest BCUT2D eigenvalue weighted by atomic mass is 9.96. The highest BCUT2D eigenvalue weighted by Gasteiger charge is 2.30. The second-order valence-corrected chi connectivity index (χ2v) is 9.26. The maximum absolute atomic E-state index is 12.3. The molecule has 0 aliphatic carbocycles. The van der Waals surface area contributed by atoms with Gasteiger partial charge in [0.15, 0.2) is 11.0 Å². The molecule has 0 saturated carbocycles. The number of rotatable bonds is 6. The molecule has 0 atom stereocenters. The number of aromatic nitrogens is 3. The van der Waals surface area contributed by atoms with Gasteiger partial charge in [0, 0.05) is 29.1 Å². The fourth-order valence-electron chi connectivity index (χ4n) is 3.08. The molecular weight excluding hydrogens is 420 g/mol. The number of hydrogen-bond donors (Lipinski definition) is 1. The largest absolute Gasteiger partial charge is 0.497 e. The van der Waals surface area contributed by atoms with Gasteiger partial charge >= 0.3 is 0 Å². The summed E-state index contributed by atoms with van der Waals surface area (Å²) in [5, 5.41) is 5.99. The van der Waals surface area contributed by atoms with Crippen molar-refractivity contribution in [3.8, 4) is 17.1 Å². The molecule has 0 bridgehead atoms. The van der Waals surface area contributed by atoms with E-state index in [9.17, 15) is 4.79 Å². The summed E-state index contributed by atoms with van der Waals surface area (Å²) in [5.74, 6) is 1.52. The zero-order chi connectivity index (χ0) is 21.1. The lowest BCUT2D eigenvalue weighted by Gasteiger charge is -2.32. The zero-order valence-corrected chi connectivity index (χ0v) is 18.6. The summed E-state index contributed by atoms with van der Waals surface area (Å²) in [6, 6.07) is 7.66. The molecule has 0 saturated heterocycles. The van der Waals surface area contributed by atoms with Crippen molar-refractivity contribution in [2.45, 2.75) is 37.5 Å². The number of nitrogens with zero attached hydrogens (tertiary/aromatic N) is 3. The van der Waals surface area contributed by atoms with Gasteiger partial charge in [0.2, 0.25) is 5.91 Å². The smallest absolute Gasteiger partial charge is 0.236 e. The Morgan fingerprint density at radius 2 is 2.10 bits per heavy atom. The summed E-state index contributed by atoms with van der Waals surface area (Å²) in [7, 11) is 1.64. The molecule has 1 N–H and O–H groups in total. The van der Waals surface area contributed by atoms with Gasteiger partial charge in [-0.3, -0.25) is 4.79 Å². The van der Waals surface area contributed by atoms with Gasteiger partial charge in [-0.2, -0.15) is 0 Å². The number of anilines is 1. The second-order valence-electron chi connectivity index (χ2n) is 7.41. The number of thiazole rings is 1. The lowest BCUT2D eigenvalue weighted by molar-refractivity contribution is -0.113. The standard InChI is InChI=1S/C21H22N4O3S2/c1-21(2)10-16-15(11-28-21)19(30-12-17(26)24-20-22-8-9-29-20)25-18(23-16)13-4-6-14(27-3)7-5-13/h4-9H,10-12H2,1-3H3,(H,22,24,26). The van der Waals surface area contributed by atoms with E-state index in [1.807, 2.05) is 29.6 Å². The van der Waals surface area contributed by atoms with E-state index in [0.717, 1.165) is 27.6 Å². The van der Waals surface area contributed by atoms with Crippen LogP contribution in [0.25, 0.3) is 11.4 Å². The average Bonchev–Trinajstić information content (AvgIpc) is 3.24. The molecule has 0 unspecified atom stereocenters. The number of thioether (sulfide) groups is 1. The van der Waals surface area contributed by atoms with Crippen molar-refractivity contribution in [1.82, 2.24) is 15.0 Å². The second kappa shape index (κ2) is 8.71. The van der Waals surface area contributed by atoms with Gasteiger partial charge in [0.1, 0.15) is 10.8 Å². The van der Waals surface area contributed by atoms with Crippen LogP contribution in [0.5, 0.6) is 5.75 Å². The van der Waals surface area contributed by atoms with E-state index in [-0.39, 0.29) is 17.3 Å². The Hall–Kier alpha value is -2.49. The third-order valence-corrected chi connectivity index (χ3v) is 6.33. The topological polar surface area (TPSA) is 86.2 Å². The van der Waals surface area contributed by atoms with Crippen molar-refractivity contribution >= 4 is 34.1 Å². The molecule has 1 aromatic carbocycles. The number of carbonyl (C=O) groups is 1. The van der Waals surface area contributed by atoms with Crippen molar-refractivity contribution < 1.29 is 14.3 Å². The number of carbonyl (C=O) groups excluding carboxylic acids is 1. The number of benzene rings is 1. The van der Waals surface area contributed by atoms with Crippen LogP contribution in [0.2, 0.25) is 0 Å². The minimum absolute atomic E-state index is 0.120. The third-order valence-electron chi connectivity index (χ3n) is 4.62. The predicted octanol–water partition coefficient (Wildman–Crippen LogP) is 4.19. The molecule has 3 heterocycles. The molecule has 1 aliphatic heterocycles. The number of nitrogens with one attached hydrogen (secondary N) is 1. The van der Waals surface area contributed by atoms with Crippen LogP contribution < -0.4 is 10.1 Å². The normalized spacial score (nSPS) is 14.8. The number of hydrogen-bond acceptors (Lipinski definition) is 8. The van der Waals surface area contributed by atoms with E-state index in [1.54, 1.807) is 13.3 Å². The number of fused-ring (bicyclic) bond motifs is 1. The fraction of sp³-hybridized carbons (Fsp3) is 0.333. The van der Waals surface area contributed by atoms with Gasteiger partial charge < -0.3 is 14.8 Å². The highest BCUT2D eigenvalue weighted by Crippen LogP contribution is 2.34. The molecule has 2 aromatic heterocycles. The van der Waals surface area contributed by atoms with Crippen LogP contribution in [0.1, 0.15) is 25.1 Å². The summed E-state index contributed by atoms with van der Waals surface area (Å²) < 4.78 is 11.2. The molecule has 0 spiro atoms. The van der Waals surface area contributed by atoms with Crippen molar-refractivity contribution in [3.05, 3.63) is 47.1 Å². The van der Waals surface area contributed by atoms with E-state index < -0.39 is 0 Å². The maximum Gasteiger partial charge on any atom is 0.236 e. The molecule has 4 rings (SSSR count). The van der Waals surface area contributed by atoms with Crippen molar-refractivity contribution in [3.63, 3.8) is 0 Å². The predicted molar refractivity (Wildman–Crippen MR) is 118 cm³/mol. The summed E-state index contributed by atoms with van der Waals surface area (Å²) in [6.07, 6.45) is 2.35. The molecule has 9 heteroatoms. The summed E-state index contributed by atoms with van der Waals surface area (Å²) in [4.78, 5) is 26.0. The Morgan fingerprint density at radius 1 is 1.30 bits per heavy atom. The summed E-state index contributed by atoms with van der Waals surface area (Å²) >= 11 is 2.78. The first kappa shape index (κ1) is 20.8. The van der Waals surface area contributed by atoms with Crippen LogP contribution in [0.15, 0.2) is 40.9 Å². The monoisotopic (exact) mass is 442 g/mol.